The van der Waals surface area contributed by atoms with Crippen LogP contribution < -0.4 is 5.32 Å². The van der Waals surface area contributed by atoms with Crippen molar-refractivity contribution in [3.63, 3.8) is 0 Å². The number of aryl methyl sites for hydroxylation is 1. The van der Waals surface area contributed by atoms with Crippen LogP contribution in [0.2, 0.25) is 0 Å². The molecule has 5 nitrogen and oxygen atoms in total. The molecule has 116 valence electrons. The SMILES string of the molecule is CCNCc1sc(S(=O)(=O)N(CC)CCOC)cc1C. The predicted octanol–water partition coefficient (Wildman–Crippen LogP) is 1.82. The van der Waals surface area contributed by atoms with Gasteiger partial charge in [-0.3, -0.25) is 0 Å². The number of methoxy groups -OCH3 is 1. The highest BCUT2D eigenvalue weighted by atomic mass is 32.2. The standard InChI is InChI=1S/C13H24N2O3S2/c1-5-14-10-12-11(3)9-13(19-12)20(16,17)15(6-2)7-8-18-4/h9,14H,5-8,10H2,1-4H3. The fourth-order valence-electron chi connectivity index (χ4n) is 1.80. The molecule has 0 bridgehead atoms. The number of sulfonamides is 1. The Kier molecular flexibility index (Phi) is 7.11. The average molecular weight is 320 g/mol. The van der Waals surface area contributed by atoms with Crippen LogP contribution in [0, 0.1) is 6.92 Å². The van der Waals surface area contributed by atoms with E-state index in [0.29, 0.717) is 30.5 Å². The molecule has 20 heavy (non-hydrogen) atoms. The second-order valence-electron chi connectivity index (χ2n) is 4.44. The highest BCUT2D eigenvalue weighted by molar-refractivity contribution is 7.91. The number of hydrogen-bond acceptors (Lipinski definition) is 5. The number of thiophene rings is 1. The number of ether oxygens (including phenoxy) is 1. The first-order valence-corrected chi connectivity index (χ1v) is 9.02. The molecule has 1 aromatic rings. The zero-order chi connectivity index (χ0) is 15.2. The minimum absolute atomic E-state index is 0.384. The second kappa shape index (κ2) is 8.09. The molecule has 7 heteroatoms. The van der Waals surface area contributed by atoms with Gasteiger partial charge in [-0.1, -0.05) is 13.8 Å². The molecule has 0 aromatic carbocycles. The minimum Gasteiger partial charge on any atom is -0.383 e. The van der Waals surface area contributed by atoms with E-state index < -0.39 is 10.0 Å². The molecule has 0 atom stereocenters. The quantitative estimate of drug-likeness (QED) is 0.754. The van der Waals surface area contributed by atoms with Crippen LogP contribution in [0.1, 0.15) is 24.3 Å². The molecule has 0 amide bonds. The van der Waals surface area contributed by atoms with E-state index >= 15 is 0 Å². The van der Waals surface area contributed by atoms with Crippen LogP contribution in [-0.2, 0) is 21.3 Å². The van der Waals surface area contributed by atoms with Crippen LogP contribution in [0.25, 0.3) is 0 Å². The summed E-state index contributed by atoms with van der Waals surface area (Å²) in [7, 11) is -1.83. The molecule has 1 rings (SSSR count). The Hall–Kier alpha value is -0.470. The van der Waals surface area contributed by atoms with E-state index in [1.807, 2.05) is 20.8 Å². The molecule has 0 spiro atoms. The lowest BCUT2D eigenvalue weighted by Gasteiger charge is -2.18. The van der Waals surface area contributed by atoms with Gasteiger partial charge >= 0.3 is 0 Å². The predicted molar refractivity (Wildman–Crippen MR) is 82.7 cm³/mol. The second-order valence-corrected chi connectivity index (χ2v) is 7.74. The van der Waals surface area contributed by atoms with Gasteiger partial charge in [0.2, 0.25) is 0 Å². The van der Waals surface area contributed by atoms with Crippen molar-refractivity contribution in [3.05, 3.63) is 16.5 Å². The van der Waals surface area contributed by atoms with Crippen molar-refractivity contribution < 1.29 is 13.2 Å². The maximum Gasteiger partial charge on any atom is 0.252 e. The molecule has 1 aromatic heterocycles. The molecule has 0 saturated heterocycles. The molecule has 0 aliphatic rings. The molecule has 0 aliphatic carbocycles. The van der Waals surface area contributed by atoms with Gasteiger partial charge in [0.1, 0.15) is 4.21 Å². The van der Waals surface area contributed by atoms with Crippen LogP contribution in [0.3, 0.4) is 0 Å². The molecular weight excluding hydrogens is 296 g/mol. The van der Waals surface area contributed by atoms with Crippen LogP contribution in [0.4, 0.5) is 0 Å². The van der Waals surface area contributed by atoms with Gasteiger partial charge in [0, 0.05) is 31.6 Å². The largest absolute Gasteiger partial charge is 0.383 e. The van der Waals surface area contributed by atoms with Crippen LogP contribution in [0.15, 0.2) is 10.3 Å². The van der Waals surface area contributed by atoms with Gasteiger partial charge in [-0.25, -0.2) is 8.42 Å². The summed E-state index contributed by atoms with van der Waals surface area (Å²) >= 11 is 1.35. The van der Waals surface area contributed by atoms with Gasteiger partial charge in [-0.05, 0) is 25.1 Å². The minimum atomic E-state index is -3.41. The Morgan fingerprint density at radius 2 is 2.10 bits per heavy atom. The number of rotatable bonds is 9. The van der Waals surface area contributed by atoms with E-state index in [4.69, 9.17) is 4.74 Å². The van der Waals surface area contributed by atoms with E-state index in [9.17, 15) is 8.42 Å². The molecular formula is C13H24N2O3S2. The fourth-order valence-corrected chi connectivity index (χ4v) is 4.95. The lowest BCUT2D eigenvalue weighted by atomic mass is 10.3. The Morgan fingerprint density at radius 3 is 2.65 bits per heavy atom. The van der Waals surface area contributed by atoms with Crippen molar-refractivity contribution in [1.82, 2.24) is 9.62 Å². The van der Waals surface area contributed by atoms with Crippen molar-refractivity contribution in [1.29, 1.82) is 0 Å². The third kappa shape index (κ3) is 4.26. The van der Waals surface area contributed by atoms with E-state index in [1.54, 1.807) is 13.2 Å². The molecule has 1 heterocycles. The van der Waals surface area contributed by atoms with Crippen molar-refractivity contribution in [2.45, 2.75) is 31.5 Å². The van der Waals surface area contributed by atoms with Crippen LogP contribution in [0.5, 0.6) is 0 Å². The van der Waals surface area contributed by atoms with E-state index in [-0.39, 0.29) is 0 Å². The van der Waals surface area contributed by atoms with E-state index in [0.717, 1.165) is 17.0 Å². The van der Waals surface area contributed by atoms with E-state index in [2.05, 4.69) is 5.32 Å². The Balaban J connectivity index is 2.96. The first-order valence-electron chi connectivity index (χ1n) is 6.76. The summed E-state index contributed by atoms with van der Waals surface area (Å²) < 4.78 is 32.0. The zero-order valence-electron chi connectivity index (χ0n) is 12.6. The third-order valence-corrected chi connectivity index (χ3v) is 6.69. The molecule has 0 fully saturated rings. The van der Waals surface area contributed by atoms with Gasteiger partial charge < -0.3 is 10.1 Å². The molecule has 0 radical (unpaired) electrons. The maximum atomic E-state index is 12.6. The highest BCUT2D eigenvalue weighted by Gasteiger charge is 2.25. The van der Waals surface area contributed by atoms with Crippen molar-refractivity contribution in [2.75, 3.05) is 33.4 Å². The number of nitrogens with zero attached hydrogens (tertiary/aromatic N) is 1. The summed E-state index contributed by atoms with van der Waals surface area (Å²) in [4.78, 5) is 1.08. The monoisotopic (exact) mass is 320 g/mol. The smallest absolute Gasteiger partial charge is 0.252 e. The summed E-state index contributed by atoms with van der Waals surface area (Å²) in [6, 6.07) is 1.77. The third-order valence-electron chi connectivity index (χ3n) is 3.03. The first kappa shape index (κ1) is 17.6. The molecule has 0 saturated carbocycles. The lowest BCUT2D eigenvalue weighted by molar-refractivity contribution is 0.180. The summed E-state index contributed by atoms with van der Waals surface area (Å²) in [5.74, 6) is 0. The van der Waals surface area contributed by atoms with Crippen molar-refractivity contribution in [2.24, 2.45) is 0 Å². The van der Waals surface area contributed by atoms with Gasteiger partial charge in [-0.15, -0.1) is 11.3 Å². The normalized spacial score (nSPS) is 12.2. The van der Waals surface area contributed by atoms with Crippen molar-refractivity contribution >= 4 is 21.4 Å². The lowest BCUT2D eigenvalue weighted by Crippen LogP contribution is -2.33. The number of likely N-dealkylation sites (N-methyl/N-ethyl adjacent to an activating group) is 1. The first-order chi connectivity index (χ1) is 9.47. The Morgan fingerprint density at radius 1 is 1.40 bits per heavy atom. The van der Waals surface area contributed by atoms with Crippen LogP contribution >= 0.6 is 11.3 Å². The number of hydrogen-bond donors (Lipinski definition) is 1. The van der Waals surface area contributed by atoms with Gasteiger partial charge in [0.05, 0.1) is 6.61 Å². The van der Waals surface area contributed by atoms with Gasteiger partial charge in [0.25, 0.3) is 10.0 Å². The fraction of sp³-hybridized carbons (Fsp3) is 0.692. The summed E-state index contributed by atoms with van der Waals surface area (Å²) in [5.41, 5.74) is 1.03. The van der Waals surface area contributed by atoms with Crippen molar-refractivity contribution in [3.8, 4) is 0 Å². The summed E-state index contributed by atoms with van der Waals surface area (Å²) in [6.07, 6.45) is 0. The number of nitrogens with one attached hydrogen (secondary N) is 1. The van der Waals surface area contributed by atoms with E-state index in [1.165, 1.54) is 15.6 Å². The molecule has 1 N–H and O–H groups in total. The Bertz CT molecular complexity index is 512. The summed E-state index contributed by atoms with van der Waals surface area (Å²) in [6.45, 7) is 8.65. The molecule has 0 unspecified atom stereocenters. The molecule has 0 aliphatic heterocycles. The van der Waals surface area contributed by atoms with Gasteiger partial charge in [-0.2, -0.15) is 4.31 Å². The van der Waals surface area contributed by atoms with Crippen LogP contribution in [-0.4, -0.2) is 46.1 Å². The highest BCUT2D eigenvalue weighted by Crippen LogP contribution is 2.28. The topological polar surface area (TPSA) is 58.6 Å². The van der Waals surface area contributed by atoms with Gasteiger partial charge in [0.15, 0.2) is 0 Å². The Labute approximate surface area is 126 Å². The summed E-state index contributed by atoms with van der Waals surface area (Å²) in [5, 5.41) is 3.23. The average Bonchev–Trinajstić information content (AvgIpc) is 2.79. The maximum absolute atomic E-state index is 12.6. The zero-order valence-corrected chi connectivity index (χ0v) is 14.2.